The Bertz CT molecular complexity index is 188. The van der Waals surface area contributed by atoms with Crippen LogP contribution in [-0.4, -0.2) is 44.1 Å². The van der Waals surface area contributed by atoms with Crippen LogP contribution in [0.3, 0.4) is 0 Å². The second kappa shape index (κ2) is 8.21. The van der Waals surface area contributed by atoms with Gasteiger partial charge in [0.05, 0.1) is 13.2 Å². The molecule has 0 atom stereocenters. The molecule has 7 heteroatoms. The molecule has 0 amide bonds. The molecule has 15 heavy (non-hydrogen) atoms. The van der Waals surface area contributed by atoms with Crippen LogP contribution in [-0.2, 0) is 13.6 Å². The maximum atomic E-state index is 12.3. The van der Waals surface area contributed by atoms with E-state index in [0.717, 1.165) is 0 Å². The Labute approximate surface area is 91.5 Å². The largest absolute Gasteiger partial charge is 0.408 e. The SMILES string of the molecule is CCOP(=O)(OCC)N(CCN)CCN. The number of hydrogen-bond acceptors (Lipinski definition) is 5. The Morgan fingerprint density at radius 3 is 1.73 bits per heavy atom. The molecule has 0 aromatic carbocycles. The fraction of sp³-hybridized carbons (Fsp3) is 1.00. The second-order valence-corrected chi connectivity index (χ2v) is 4.85. The van der Waals surface area contributed by atoms with Gasteiger partial charge in [-0.15, -0.1) is 0 Å². The average molecular weight is 239 g/mol. The van der Waals surface area contributed by atoms with E-state index in [2.05, 4.69) is 0 Å². The zero-order valence-corrected chi connectivity index (χ0v) is 10.4. The molecule has 0 rings (SSSR count). The van der Waals surface area contributed by atoms with Gasteiger partial charge in [-0.3, -0.25) is 9.05 Å². The fourth-order valence-corrected chi connectivity index (χ4v) is 2.96. The lowest BCUT2D eigenvalue weighted by Gasteiger charge is -2.28. The van der Waals surface area contributed by atoms with Crippen molar-refractivity contribution in [3.63, 3.8) is 0 Å². The van der Waals surface area contributed by atoms with Crippen LogP contribution in [0.15, 0.2) is 0 Å². The maximum Gasteiger partial charge on any atom is 0.408 e. The molecular formula is C8H22N3O3P. The van der Waals surface area contributed by atoms with Gasteiger partial charge >= 0.3 is 7.75 Å². The third-order valence-corrected chi connectivity index (χ3v) is 3.97. The average Bonchev–Trinajstić information content (AvgIpc) is 2.18. The molecule has 0 aromatic heterocycles. The summed E-state index contributed by atoms with van der Waals surface area (Å²) in [5.74, 6) is 0. The summed E-state index contributed by atoms with van der Waals surface area (Å²) in [6, 6.07) is 0. The normalized spacial score (nSPS) is 12.3. The van der Waals surface area contributed by atoms with Crippen molar-refractivity contribution in [2.75, 3.05) is 39.4 Å². The highest BCUT2D eigenvalue weighted by Gasteiger charge is 2.31. The topological polar surface area (TPSA) is 90.8 Å². The summed E-state index contributed by atoms with van der Waals surface area (Å²) in [5, 5.41) is 0. The number of hydrogen-bond donors (Lipinski definition) is 2. The van der Waals surface area contributed by atoms with Gasteiger partial charge in [0, 0.05) is 26.2 Å². The van der Waals surface area contributed by atoms with Gasteiger partial charge in [0.1, 0.15) is 0 Å². The number of nitrogens with zero attached hydrogens (tertiary/aromatic N) is 1. The quantitative estimate of drug-likeness (QED) is 0.565. The Morgan fingerprint density at radius 1 is 1.07 bits per heavy atom. The highest BCUT2D eigenvalue weighted by atomic mass is 31.2. The summed E-state index contributed by atoms with van der Waals surface area (Å²) in [6.07, 6.45) is 0. The van der Waals surface area contributed by atoms with Crippen LogP contribution < -0.4 is 11.5 Å². The van der Waals surface area contributed by atoms with Crippen molar-refractivity contribution < 1.29 is 13.6 Å². The van der Waals surface area contributed by atoms with Gasteiger partial charge in [-0.25, -0.2) is 9.24 Å². The van der Waals surface area contributed by atoms with Crippen molar-refractivity contribution in [3.8, 4) is 0 Å². The van der Waals surface area contributed by atoms with Gasteiger partial charge in [-0.2, -0.15) is 0 Å². The Kier molecular flexibility index (Phi) is 8.23. The van der Waals surface area contributed by atoms with Crippen LogP contribution in [0.1, 0.15) is 13.8 Å². The van der Waals surface area contributed by atoms with E-state index in [4.69, 9.17) is 20.5 Å². The molecule has 4 N–H and O–H groups in total. The summed E-state index contributed by atoms with van der Waals surface area (Å²) < 4.78 is 24.2. The summed E-state index contributed by atoms with van der Waals surface area (Å²) in [6.45, 7) is 5.91. The first-order valence-electron chi connectivity index (χ1n) is 5.19. The molecule has 92 valence electrons. The van der Waals surface area contributed by atoms with Crippen molar-refractivity contribution in [2.24, 2.45) is 11.5 Å². The predicted octanol–water partition coefficient (Wildman–Crippen LogP) is 0.387. The van der Waals surface area contributed by atoms with Crippen molar-refractivity contribution in [1.82, 2.24) is 4.67 Å². The van der Waals surface area contributed by atoms with E-state index in [1.54, 1.807) is 18.5 Å². The molecular weight excluding hydrogens is 217 g/mol. The summed E-state index contributed by atoms with van der Waals surface area (Å²) in [4.78, 5) is 0. The van der Waals surface area contributed by atoms with Gasteiger partial charge in [0.15, 0.2) is 0 Å². The first-order valence-corrected chi connectivity index (χ1v) is 6.68. The molecule has 0 bridgehead atoms. The van der Waals surface area contributed by atoms with Gasteiger partial charge in [0.2, 0.25) is 0 Å². The van der Waals surface area contributed by atoms with Gasteiger partial charge in [0.25, 0.3) is 0 Å². The van der Waals surface area contributed by atoms with Crippen LogP contribution in [0, 0.1) is 0 Å². The molecule has 0 spiro atoms. The van der Waals surface area contributed by atoms with E-state index < -0.39 is 7.75 Å². The second-order valence-electron chi connectivity index (χ2n) is 2.84. The van der Waals surface area contributed by atoms with Crippen molar-refractivity contribution >= 4 is 7.75 Å². The summed E-state index contributed by atoms with van der Waals surface area (Å²) in [5.41, 5.74) is 10.9. The molecule has 0 aliphatic carbocycles. The molecule has 0 fully saturated rings. The standard InChI is InChI=1S/C8H22N3O3P/c1-3-13-15(12,14-4-2)11(7-5-9)8-6-10/h3-10H2,1-2H3. The van der Waals surface area contributed by atoms with Crippen LogP contribution >= 0.6 is 7.75 Å². The molecule has 0 aromatic rings. The highest BCUT2D eigenvalue weighted by Crippen LogP contribution is 2.51. The van der Waals surface area contributed by atoms with E-state index in [-0.39, 0.29) is 0 Å². The Morgan fingerprint density at radius 2 is 1.47 bits per heavy atom. The molecule has 0 radical (unpaired) electrons. The van der Waals surface area contributed by atoms with E-state index >= 15 is 0 Å². The number of rotatable bonds is 9. The third-order valence-electron chi connectivity index (χ3n) is 1.71. The monoisotopic (exact) mass is 239 g/mol. The molecule has 0 aliphatic heterocycles. The minimum absolute atomic E-state index is 0.336. The lowest BCUT2D eigenvalue weighted by Crippen LogP contribution is -2.33. The van der Waals surface area contributed by atoms with E-state index in [9.17, 15) is 4.57 Å². The molecule has 0 saturated heterocycles. The molecule has 0 heterocycles. The molecule has 0 saturated carbocycles. The van der Waals surface area contributed by atoms with Crippen LogP contribution in [0.25, 0.3) is 0 Å². The van der Waals surface area contributed by atoms with Crippen LogP contribution in [0.2, 0.25) is 0 Å². The first-order chi connectivity index (χ1) is 7.14. The van der Waals surface area contributed by atoms with E-state index in [1.165, 1.54) is 0 Å². The lowest BCUT2D eigenvalue weighted by molar-refractivity contribution is 0.169. The molecule has 0 unspecified atom stereocenters. The predicted molar refractivity (Wildman–Crippen MR) is 60.5 cm³/mol. The first kappa shape index (κ1) is 15.0. The summed E-state index contributed by atoms with van der Waals surface area (Å²) >= 11 is 0. The minimum atomic E-state index is -3.19. The zero-order valence-electron chi connectivity index (χ0n) is 9.52. The molecule has 0 aliphatic rings. The van der Waals surface area contributed by atoms with Crippen molar-refractivity contribution in [3.05, 3.63) is 0 Å². The molecule has 6 nitrogen and oxygen atoms in total. The van der Waals surface area contributed by atoms with Crippen LogP contribution in [0.5, 0.6) is 0 Å². The maximum absolute atomic E-state index is 12.3. The third kappa shape index (κ3) is 5.06. The fourth-order valence-electron chi connectivity index (χ4n) is 1.18. The van der Waals surface area contributed by atoms with Gasteiger partial charge in [-0.05, 0) is 13.8 Å². The van der Waals surface area contributed by atoms with Crippen LogP contribution in [0.4, 0.5) is 0 Å². The van der Waals surface area contributed by atoms with E-state index in [1.807, 2.05) is 0 Å². The number of nitrogens with two attached hydrogens (primary N) is 2. The zero-order chi connectivity index (χ0) is 11.7. The Balaban J connectivity index is 4.56. The van der Waals surface area contributed by atoms with Crippen molar-refractivity contribution in [1.29, 1.82) is 0 Å². The lowest BCUT2D eigenvalue weighted by atomic mass is 10.6. The Hall–Kier alpha value is 0.0300. The van der Waals surface area contributed by atoms with E-state index in [0.29, 0.717) is 39.4 Å². The highest BCUT2D eigenvalue weighted by molar-refractivity contribution is 7.51. The smallest absolute Gasteiger partial charge is 0.329 e. The van der Waals surface area contributed by atoms with Crippen molar-refractivity contribution in [2.45, 2.75) is 13.8 Å². The van der Waals surface area contributed by atoms with Gasteiger partial charge in [-0.1, -0.05) is 0 Å². The van der Waals surface area contributed by atoms with Gasteiger partial charge < -0.3 is 11.5 Å². The minimum Gasteiger partial charge on any atom is -0.329 e. The summed E-state index contributed by atoms with van der Waals surface area (Å²) in [7, 11) is -3.19.